The third-order valence-corrected chi connectivity index (χ3v) is 4.82. The van der Waals surface area contributed by atoms with Gasteiger partial charge in [0.25, 0.3) is 0 Å². The first-order valence-electron chi connectivity index (χ1n) is 9.71. The first-order chi connectivity index (χ1) is 13.4. The van der Waals surface area contributed by atoms with Gasteiger partial charge in [-0.2, -0.15) is 0 Å². The van der Waals surface area contributed by atoms with Gasteiger partial charge >= 0.3 is 0 Å². The first-order valence-corrected chi connectivity index (χ1v) is 9.71. The normalized spacial score (nSPS) is 11.3. The molecule has 3 aromatic rings. The lowest BCUT2D eigenvalue weighted by Gasteiger charge is -2.07. The molecule has 1 N–H and O–H groups in total. The van der Waals surface area contributed by atoms with Crippen molar-refractivity contribution < 1.29 is 13.6 Å². The Morgan fingerprint density at radius 1 is 1.11 bits per heavy atom. The number of carbonyl (C=O) groups excluding carboxylic acids is 1. The molecule has 0 radical (unpaired) electrons. The largest absolute Gasteiger partial charge is 0.355 e. The molecule has 0 spiro atoms. The van der Waals surface area contributed by atoms with Crippen LogP contribution in [0.2, 0.25) is 0 Å². The number of carbonyl (C=O) groups is 1. The van der Waals surface area contributed by atoms with Crippen molar-refractivity contribution in [2.75, 3.05) is 6.54 Å². The molecule has 0 saturated carbocycles. The first kappa shape index (κ1) is 20.1. The Hall–Kier alpha value is -2.69. The van der Waals surface area contributed by atoms with E-state index in [1.54, 1.807) is 0 Å². The van der Waals surface area contributed by atoms with Crippen LogP contribution < -0.4 is 5.32 Å². The molecule has 0 bridgehead atoms. The average molecular weight is 384 g/mol. The molecule has 0 aliphatic rings. The lowest BCUT2D eigenvalue weighted by Crippen LogP contribution is -2.27. The van der Waals surface area contributed by atoms with Crippen LogP contribution >= 0.6 is 0 Å². The quantitative estimate of drug-likeness (QED) is 0.591. The van der Waals surface area contributed by atoms with Crippen LogP contribution in [-0.2, 0) is 24.2 Å². The fourth-order valence-corrected chi connectivity index (χ4v) is 3.40. The molecule has 1 aromatic heterocycles. The SMILES string of the molecule is CC(C)CCn1cc(CCNC(=O)Cc2cc(F)cc(F)c2)c2ccccc21. The summed E-state index contributed by atoms with van der Waals surface area (Å²) in [4.78, 5) is 12.1. The maximum Gasteiger partial charge on any atom is 0.224 e. The van der Waals surface area contributed by atoms with Gasteiger partial charge in [0.1, 0.15) is 11.6 Å². The predicted molar refractivity (Wildman–Crippen MR) is 108 cm³/mol. The average Bonchev–Trinajstić information content (AvgIpc) is 2.97. The van der Waals surface area contributed by atoms with Gasteiger partial charge in [-0.25, -0.2) is 8.78 Å². The molecular weight excluding hydrogens is 358 g/mol. The summed E-state index contributed by atoms with van der Waals surface area (Å²) >= 11 is 0. The van der Waals surface area contributed by atoms with E-state index in [2.05, 4.69) is 42.1 Å². The highest BCUT2D eigenvalue weighted by atomic mass is 19.1. The Kier molecular flexibility index (Phi) is 6.45. The van der Waals surface area contributed by atoms with Crippen molar-refractivity contribution in [2.45, 2.75) is 39.7 Å². The summed E-state index contributed by atoms with van der Waals surface area (Å²) < 4.78 is 28.8. The van der Waals surface area contributed by atoms with Gasteiger partial charge in [0.05, 0.1) is 6.42 Å². The van der Waals surface area contributed by atoms with Crippen LogP contribution in [0.4, 0.5) is 8.78 Å². The van der Waals surface area contributed by atoms with Gasteiger partial charge in [-0.15, -0.1) is 0 Å². The van der Waals surface area contributed by atoms with Crippen LogP contribution in [0.3, 0.4) is 0 Å². The van der Waals surface area contributed by atoms with E-state index in [0.717, 1.165) is 19.0 Å². The van der Waals surface area contributed by atoms with Crippen LogP contribution in [0.15, 0.2) is 48.7 Å². The highest BCUT2D eigenvalue weighted by Crippen LogP contribution is 2.22. The van der Waals surface area contributed by atoms with Gasteiger partial charge < -0.3 is 9.88 Å². The molecule has 0 saturated heterocycles. The molecule has 0 aliphatic carbocycles. The summed E-state index contributed by atoms with van der Waals surface area (Å²) in [5, 5.41) is 4.05. The highest BCUT2D eigenvalue weighted by Gasteiger charge is 2.10. The number of hydrogen-bond acceptors (Lipinski definition) is 1. The summed E-state index contributed by atoms with van der Waals surface area (Å²) in [6.45, 7) is 5.88. The number of aryl methyl sites for hydroxylation is 1. The molecule has 3 rings (SSSR count). The molecule has 0 fully saturated rings. The van der Waals surface area contributed by atoms with E-state index in [-0.39, 0.29) is 12.3 Å². The van der Waals surface area contributed by atoms with E-state index < -0.39 is 11.6 Å². The van der Waals surface area contributed by atoms with E-state index in [9.17, 15) is 13.6 Å². The van der Waals surface area contributed by atoms with Crippen LogP contribution in [-0.4, -0.2) is 17.0 Å². The maximum atomic E-state index is 13.2. The van der Waals surface area contributed by atoms with Crippen molar-refractivity contribution in [3.63, 3.8) is 0 Å². The number of nitrogens with one attached hydrogen (secondary N) is 1. The maximum absolute atomic E-state index is 13.2. The number of halogens is 2. The van der Waals surface area contributed by atoms with Crippen LogP contribution in [0, 0.1) is 17.6 Å². The molecule has 3 nitrogen and oxygen atoms in total. The molecular formula is C23H26F2N2O. The van der Waals surface area contributed by atoms with Crippen molar-refractivity contribution in [1.82, 2.24) is 9.88 Å². The molecule has 1 amide bonds. The molecule has 2 aromatic carbocycles. The summed E-state index contributed by atoms with van der Waals surface area (Å²) in [6, 6.07) is 11.5. The number of aromatic nitrogens is 1. The third kappa shape index (κ3) is 5.18. The Morgan fingerprint density at radius 3 is 2.54 bits per heavy atom. The standard InChI is InChI=1S/C23H26F2N2O/c1-16(2)8-10-27-15-18(21-5-3-4-6-22(21)27)7-9-26-23(28)13-17-11-19(24)14-20(25)12-17/h3-6,11-12,14-16H,7-10,13H2,1-2H3,(H,26,28). The fraction of sp³-hybridized carbons (Fsp3) is 0.348. The van der Waals surface area contributed by atoms with Gasteiger partial charge in [0, 0.05) is 36.3 Å². The number of para-hydroxylation sites is 1. The van der Waals surface area contributed by atoms with Crippen molar-refractivity contribution in [3.8, 4) is 0 Å². The number of nitrogens with zero attached hydrogens (tertiary/aromatic N) is 1. The van der Waals surface area contributed by atoms with E-state index in [1.807, 2.05) is 12.1 Å². The Balaban J connectivity index is 1.61. The Morgan fingerprint density at radius 2 is 1.82 bits per heavy atom. The summed E-state index contributed by atoms with van der Waals surface area (Å²) in [7, 11) is 0. The van der Waals surface area contributed by atoms with Gasteiger partial charge in [0.2, 0.25) is 5.91 Å². The van der Waals surface area contributed by atoms with Gasteiger partial charge in [-0.3, -0.25) is 4.79 Å². The minimum atomic E-state index is -0.669. The smallest absolute Gasteiger partial charge is 0.224 e. The predicted octanol–water partition coefficient (Wildman–Crippen LogP) is 4.87. The third-order valence-electron chi connectivity index (χ3n) is 4.82. The molecule has 0 atom stereocenters. The lowest BCUT2D eigenvalue weighted by molar-refractivity contribution is -0.120. The summed E-state index contributed by atoms with van der Waals surface area (Å²) in [5.41, 5.74) is 2.73. The minimum absolute atomic E-state index is 0.0369. The van der Waals surface area contributed by atoms with Crippen LogP contribution in [0.25, 0.3) is 10.9 Å². The zero-order chi connectivity index (χ0) is 20.1. The lowest BCUT2D eigenvalue weighted by atomic mass is 10.1. The molecule has 0 unspecified atom stereocenters. The molecule has 28 heavy (non-hydrogen) atoms. The van der Waals surface area contributed by atoms with Crippen molar-refractivity contribution in [1.29, 1.82) is 0 Å². The second-order valence-corrected chi connectivity index (χ2v) is 7.60. The summed E-state index contributed by atoms with van der Waals surface area (Å²) in [5.74, 6) is -0.945. The van der Waals surface area contributed by atoms with Crippen LogP contribution in [0.5, 0.6) is 0 Å². The summed E-state index contributed by atoms with van der Waals surface area (Å²) in [6.07, 6.45) is 3.95. The van der Waals surface area contributed by atoms with E-state index in [0.29, 0.717) is 24.4 Å². The minimum Gasteiger partial charge on any atom is -0.355 e. The Labute approximate surface area is 164 Å². The second kappa shape index (κ2) is 9.00. The monoisotopic (exact) mass is 384 g/mol. The van der Waals surface area contributed by atoms with Gasteiger partial charge in [0.15, 0.2) is 0 Å². The zero-order valence-corrected chi connectivity index (χ0v) is 16.3. The number of fused-ring (bicyclic) bond motifs is 1. The van der Waals surface area contributed by atoms with Crippen LogP contribution in [0.1, 0.15) is 31.4 Å². The van der Waals surface area contributed by atoms with Crippen molar-refractivity contribution in [2.24, 2.45) is 5.92 Å². The van der Waals surface area contributed by atoms with Crippen molar-refractivity contribution >= 4 is 16.8 Å². The van der Waals surface area contributed by atoms with E-state index in [4.69, 9.17) is 0 Å². The number of hydrogen-bond donors (Lipinski definition) is 1. The van der Waals surface area contributed by atoms with Gasteiger partial charge in [-0.05, 0) is 48.1 Å². The van der Waals surface area contributed by atoms with Crippen molar-refractivity contribution in [3.05, 3.63) is 71.4 Å². The Bertz CT molecular complexity index is 942. The number of benzene rings is 2. The number of rotatable bonds is 8. The molecule has 148 valence electrons. The molecule has 1 heterocycles. The fourth-order valence-electron chi connectivity index (χ4n) is 3.40. The molecule has 0 aliphatic heterocycles. The second-order valence-electron chi connectivity index (χ2n) is 7.60. The van der Waals surface area contributed by atoms with E-state index >= 15 is 0 Å². The highest BCUT2D eigenvalue weighted by molar-refractivity contribution is 5.84. The van der Waals surface area contributed by atoms with Gasteiger partial charge in [-0.1, -0.05) is 32.0 Å². The topological polar surface area (TPSA) is 34.0 Å². The zero-order valence-electron chi connectivity index (χ0n) is 16.3. The molecule has 5 heteroatoms. The van der Waals surface area contributed by atoms with E-state index in [1.165, 1.54) is 28.6 Å². The number of amides is 1.